The van der Waals surface area contributed by atoms with Crippen LogP contribution in [0.2, 0.25) is 0 Å². The Bertz CT molecular complexity index is 553. The minimum absolute atomic E-state index is 0.0655. The lowest BCUT2D eigenvalue weighted by Gasteiger charge is -2.17. The van der Waals surface area contributed by atoms with Crippen molar-refractivity contribution < 1.29 is 19.4 Å². The first-order valence-electron chi connectivity index (χ1n) is 6.91. The summed E-state index contributed by atoms with van der Waals surface area (Å²) in [5, 5.41) is 23.3. The fraction of sp³-hybridized carbons (Fsp3) is 0.375. The van der Waals surface area contributed by atoms with Gasteiger partial charge in [0.25, 0.3) is 0 Å². The molecule has 1 heterocycles. The average Bonchev–Trinajstić information content (AvgIpc) is 3.00. The first-order valence-corrected chi connectivity index (χ1v) is 6.91. The quantitative estimate of drug-likeness (QED) is 0.731. The second-order valence-corrected chi connectivity index (χ2v) is 5.02. The number of aromatic hydroxyl groups is 1. The lowest BCUT2D eigenvalue weighted by molar-refractivity contribution is 0.128. The van der Waals surface area contributed by atoms with Crippen molar-refractivity contribution >= 4 is 0 Å². The summed E-state index contributed by atoms with van der Waals surface area (Å²) >= 11 is 0. The molecule has 1 aromatic heterocycles. The van der Waals surface area contributed by atoms with Crippen LogP contribution in [0, 0.1) is 0 Å². The van der Waals surface area contributed by atoms with E-state index < -0.39 is 6.10 Å². The third kappa shape index (κ3) is 4.00. The molecule has 0 aliphatic rings. The maximum Gasteiger partial charge on any atom is 0.162 e. The molecule has 0 radical (unpaired) electrons. The molecule has 3 N–H and O–H groups in total. The topological polar surface area (TPSA) is 74.9 Å². The highest BCUT2D eigenvalue weighted by molar-refractivity contribution is 5.45. The van der Waals surface area contributed by atoms with Crippen LogP contribution in [0.3, 0.4) is 0 Å². The zero-order valence-corrected chi connectivity index (χ0v) is 12.2. The average molecular weight is 291 g/mol. The van der Waals surface area contributed by atoms with Crippen molar-refractivity contribution in [3.63, 3.8) is 0 Å². The predicted molar refractivity (Wildman–Crippen MR) is 79.2 cm³/mol. The van der Waals surface area contributed by atoms with E-state index in [1.807, 2.05) is 19.1 Å². The second-order valence-electron chi connectivity index (χ2n) is 5.02. The molecular formula is C16H21NO4. The smallest absolute Gasteiger partial charge is 0.162 e. The summed E-state index contributed by atoms with van der Waals surface area (Å²) in [6.45, 7) is 2.47. The molecule has 0 saturated carbocycles. The molecule has 1 aromatic carbocycles. The van der Waals surface area contributed by atoms with Crippen LogP contribution < -0.4 is 10.1 Å². The summed E-state index contributed by atoms with van der Waals surface area (Å²) in [7, 11) is 1.52. The van der Waals surface area contributed by atoms with E-state index in [2.05, 4.69) is 5.32 Å². The molecule has 114 valence electrons. The number of ether oxygens (including phenoxy) is 1. The molecule has 5 heteroatoms. The molecule has 2 atom stereocenters. The van der Waals surface area contributed by atoms with Gasteiger partial charge in [-0.3, -0.25) is 0 Å². The molecule has 2 rings (SSSR count). The van der Waals surface area contributed by atoms with Crippen LogP contribution >= 0.6 is 0 Å². The van der Waals surface area contributed by atoms with Crippen molar-refractivity contribution in [2.45, 2.75) is 32.0 Å². The maximum atomic E-state index is 10.0. The molecule has 21 heavy (non-hydrogen) atoms. The predicted octanol–water partition coefficient (Wildman–Crippen LogP) is 2.60. The summed E-state index contributed by atoms with van der Waals surface area (Å²) in [6.07, 6.45) is 1.44. The van der Waals surface area contributed by atoms with E-state index in [0.29, 0.717) is 24.5 Å². The van der Waals surface area contributed by atoms with Crippen molar-refractivity contribution in [3.05, 3.63) is 47.9 Å². The highest BCUT2D eigenvalue weighted by Gasteiger charge is 2.15. The first kappa shape index (κ1) is 15.4. The molecule has 0 aliphatic heterocycles. The SMILES string of the molecule is COc1cccc(CNC(C)CC(O)c2ccco2)c1O. The monoisotopic (exact) mass is 291 g/mol. The Morgan fingerprint density at radius 3 is 2.76 bits per heavy atom. The Morgan fingerprint density at radius 2 is 2.10 bits per heavy atom. The Morgan fingerprint density at radius 1 is 1.29 bits per heavy atom. The van der Waals surface area contributed by atoms with Gasteiger partial charge in [0.2, 0.25) is 0 Å². The lowest BCUT2D eigenvalue weighted by Crippen LogP contribution is -2.27. The van der Waals surface area contributed by atoms with Crippen molar-refractivity contribution in [1.29, 1.82) is 0 Å². The highest BCUT2D eigenvalue weighted by Crippen LogP contribution is 2.29. The summed E-state index contributed by atoms with van der Waals surface area (Å²) in [5.74, 6) is 1.16. The summed E-state index contributed by atoms with van der Waals surface area (Å²) < 4.78 is 10.2. The standard InChI is InChI=1S/C16H21NO4/c1-11(9-13(18)14-7-4-8-21-14)17-10-12-5-3-6-15(20-2)16(12)19/h3-8,11,13,17-19H,9-10H2,1-2H3. The van der Waals surface area contributed by atoms with E-state index in [1.165, 1.54) is 7.11 Å². The van der Waals surface area contributed by atoms with Gasteiger partial charge in [-0.25, -0.2) is 0 Å². The maximum absolute atomic E-state index is 10.0. The molecule has 2 aromatic rings. The van der Waals surface area contributed by atoms with Gasteiger partial charge >= 0.3 is 0 Å². The minimum atomic E-state index is -0.638. The van der Waals surface area contributed by atoms with Gasteiger partial charge in [-0.2, -0.15) is 0 Å². The Balaban J connectivity index is 1.88. The number of methoxy groups -OCH3 is 1. The molecule has 0 spiro atoms. The van der Waals surface area contributed by atoms with Gasteiger partial charge in [0.1, 0.15) is 11.9 Å². The van der Waals surface area contributed by atoms with Crippen LogP contribution in [0.4, 0.5) is 0 Å². The fourth-order valence-electron chi connectivity index (χ4n) is 2.17. The van der Waals surface area contributed by atoms with Gasteiger partial charge in [0.05, 0.1) is 13.4 Å². The normalized spacial score (nSPS) is 13.9. The molecule has 5 nitrogen and oxygen atoms in total. The van der Waals surface area contributed by atoms with E-state index in [9.17, 15) is 10.2 Å². The Kier molecular flexibility index (Phi) is 5.25. The zero-order chi connectivity index (χ0) is 15.2. The summed E-state index contributed by atoms with van der Waals surface area (Å²) in [6, 6.07) is 8.95. The molecule has 0 saturated heterocycles. The Labute approximate surface area is 124 Å². The van der Waals surface area contributed by atoms with Crippen molar-refractivity contribution in [2.24, 2.45) is 0 Å². The number of phenolic OH excluding ortho intramolecular Hbond substituents is 1. The number of para-hydroxylation sites is 1. The second kappa shape index (κ2) is 7.15. The van der Waals surface area contributed by atoms with Crippen molar-refractivity contribution in [1.82, 2.24) is 5.32 Å². The van der Waals surface area contributed by atoms with Gasteiger partial charge in [0, 0.05) is 18.2 Å². The summed E-state index contributed by atoms with van der Waals surface area (Å²) in [5.41, 5.74) is 0.758. The molecule has 0 fully saturated rings. The zero-order valence-electron chi connectivity index (χ0n) is 12.2. The van der Waals surface area contributed by atoms with E-state index >= 15 is 0 Å². The number of hydrogen-bond donors (Lipinski definition) is 3. The molecule has 0 aliphatic carbocycles. The highest BCUT2D eigenvalue weighted by atomic mass is 16.5. The minimum Gasteiger partial charge on any atom is -0.504 e. The number of phenols is 1. The lowest BCUT2D eigenvalue weighted by atomic mass is 10.1. The van der Waals surface area contributed by atoms with Gasteiger partial charge in [-0.1, -0.05) is 12.1 Å². The third-order valence-electron chi connectivity index (χ3n) is 3.39. The van der Waals surface area contributed by atoms with Crippen LogP contribution in [0.15, 0.2) is 41.0 Å². The fourth-order valence-corrected chi connectivity index (χ4v) is 2.17. The van der Waals surface area contributed by atoms with E-state index in [1.54, 1.807) is 24.5 Å². The molecule has 0 bridgehead atoms. The van der Waals surface area contributed by atoms with Crippen LogP contribution in [-0.4, -0.2) is 23.4 Å². The molecule has 0 amide bonds. The van der Waals surface area contributed by atoms with Crippen molar-refractivity contribution in [3.8, 4) is 11.5 Å². The number of benzene rings is 1. The number of aliphatic hydroxyl groups excluding tert-OH is 1. The number of hydrogen-bond acceptors (Lipinski definition) is 5. The van der Waals surface area contributed by atoms with Gasteiger partial charge in [0.15, 0.2) is 11.5 Å². The molecule has 2 unspecified atom stereocenters. The van der Waals surface area contributed by atoms with Gasteiger partial charge < -0.3 is 24.7 Å². The van der Waals surface area contributed by atoms with Crippen LogP contribution in [0.5, 0.6) is 11.5 Å². The van der Waals surface area contributed by atoms with E-state index in [0.717, 1.165) is 5.56 Å². The summed E-state index contributed by atoms with van der Waals surface area (Å²) in [4.78, 5) is 0. The number of furan rings is 1. The first-order chi connectivity index (χ1) is 10.1. The number of rotatable bonds is 7. The number of aliphatic hydroxyl groups is 1. The van der Waals surface area contributed by atoms with Crippen molar-refractivity contribution in [2.75, 3.05) is 7.11 Å². The van der Waals surface area contributed by atoms with Crippen LogP contribution in [0.25, 0.3) is 0 Å². The van der Waals surface area contributed by atoms with E-state index in [4.69, 9.17) is 9.15 Å². The largest absolute Gasteiger partial charge is 0.504 e. The third-order valence-corrected chi connectivity index (χ3v) is 3.39. The number of nitrogens with one attached hydrogen (secondary N) is 1. The van der Waals surface area contributed by atoms with E-state index in [-0.39, 0.29) is 11.8 Å². The molecular weight excluding hydrogens is 270 g/mol. The van der Waals surface area contributed by atoms with Gasteiger partial charge in [-0.15, -0.1) is 0 Å². The van der Waals surface area contributed by atoms with Crippen LogP contribution in [0.1, 0.15) is 30.8 Å². The van der Waals surface area contributed by atoms with Gasteiger partial charge in [-0.05, 0) is 31.5 Å². The Hall–Kier alpha value is -1.98. The van der Waals surface area contributed by atoms with Crippen LogP contribution in [-0.2, 0) is 6.54 Å².